The van der Waals surface area contributed by atoms with Crippen molar-refractivity contribution in [1.29, 1.82) is 0 Å². The molecule has 0 aromatic carbocycles. The molecule has 0 aromatic heterocycles. The second kappa shape index (κ2) is 2.62. The first-order valence-electron chi connectivity index (χ1n) is 3.65. The normalized spacial score (nSPS) is 33.1. The minimum Gasteiger partial charge on any atom is -0.368 e. The first-order valence-corrected chi connectivity index (χ1v) is 3.65. The molecule has 1 aliphatic heterocycles. The van der Waals surface area contributed by atoms with Gasteiger partial charge < -0.3 is 5.32 Å². The zero-order valence-corrected chi connectivity index (χ0v) is 6.12. The van der Waals surface area contributed by atoms with E-state index >= 15 is 0 Å². The summed E-state index contributed by atoms with van der Waals surface area (Å²) in [5, 5.41) is 3.01. The third-order valence-electron chi connectivity index (χ3n) is 1.61. The lowest BCUT2D eigenvalue weighted by Gasteiger charge is -1.87. The summed E-state index contributed by atoms with van der Waals surface area (Å²) in [6.07, 6.45) is 16.2. The Hall–Kier alpha value is -1.50. The average molecular weight is 143 g/mol. The predicted octanol–water partition coefficient (Wildman–Crippen LogP) is 2.04. The summed E-state index contributed by atoms with van der Waals surface area (Å²) in [6, 6.07) is 0. The van der Waals surface area contributed by atoms with Gasteiger partial charge in [-0.2, -0.15) is 0 Å². The van der Waals surface area contributed by atoms with E-state index < -0.39 is 0 Å². The van der Waals surface area contributed by atoms with Gasteiger partial charge in [-0.25, -0.2) is 0 Å². The van der Waals surface area contributed by atoms with Gasteiger partial charge >= 0.3 is 0 Å². The Morgan fingerprint density at radius 2 is 1.82 bits per heavy atom. The molecule has 0 atom stereocenters. The fourth-order valence-corrected chi connectivity index (χ4v) is 0.953. The Bertz CT molecular complexity index is 301. The van der Waals surface area contributed by atoms with Crippen LogP contribution in [0.15, 0.2) is 60.0 Å². The van der Waals surface area contributed by atoms with E-state index in [0.717, 1.165) is 0 Å². The van der Waals surface area contributed by atoms with Gasteiger partial charge in [0, 0.05) is 12.4 Å². The maximum atomic E-state index is 3.01. The van der Waals surface area contributed by atoms with Gasteiger partial charge in [-0.05, 0) is 29.4 Å². The Kier molecular flexibility index (Phi) is 1.48. The molecule has 1 heteroatoms. The lowest BCUT2D eigenvalue weighted by atomic mass is 10.3. The molecule has 0 amide bonds. The monoisotopic (exact) mass is 143 g/mol. The minimum absolute atomic E-state index is 1.33. The standard InChI is InChI=1S/C10H9N/c1-2-6-11-7-3-5-10-8-9(10)4-1/h1-8,11H/b4-1-,6-2-,7-3-,10-5-. The molecule has 1 heterocycles. The van der Waals surface area contributed by atoms with Gasteiger partial charge in [0.2, 0.25) is 0 Å². The van der Waals surface area contributed by atoms with Gasteiger partial charge in [0.25, 0.3) is 0 Å². The van der Waals surface area contributed by atoms with Gasteiger partial charge in [-0.1, -0.05) is 18.2 Å². The second-order valence-electron chi connectivity index (χ2n) is 2.47. The van der Waals surface area contributed by atoms with Crippen LogP contribution in [0.4, 0.5) is 0 Å². The van der Waals surface area contributed by atoms with Crippen LogP contribution in [0, 0.1) is 0 Å². The molecule has 0 spiro atoms. The molecule has 1 nitrogen and oxygen atoms in total. The molecule has 0 fully saturated rings. The van der Waals surface area contributed by atoms with Gasteiger partial charge in [-0.15, -0.1) is 0 Å². The van der Waals surface area contributed by atoms with E-state index in [4.69, 9.17) is 0 Å². The molecule has 2 aliphatic rings. The maximum Gasteiger partial charge on any atom is 0.000464 e. The Morgan fingerprint density at radius 3 is 2.82 bits per heavy atom. The lowest BCUT2D eigenvalue weighted by Crippen LogP contribution is -1.89. The molecule has 11 heavy (non-hydrogen) atoms. The Labute approximate surface area is 66.1 Å². The van der Waals surface area contributed by atoms with Gasteiger partial charge in [-0.3, -0.25) is 0 Å². The van der Waals surface area contributed by atoms with Crippen LogP contribution >= 0.6 is 0 Å². The van der Waals surface area contributed by atoms with Crippen molar-refractivity contribution < 1.29 is 0 Å². The van der Waals surface area contributed by atoms with Crippen LogP contribution in [0.5, 0.6) is 0 Å². The molecule has 0 unspecified atom stereocenters. The molecule has 0 bridgehead atoms. The van der Waals surface area contributed by atoms with E-state index in [9.17, 15) is 0 Å². The molecule has 0 saturated carbocycles. The molecule has 54 valence electrons. The van der Waals surface area contributed by atoms with E-state index in [2.05, 4.69) is 23.5 Å². The summed E-state index contributed by atoms with van der Waals surface area (Å²) in [5.74, 6) is 0. The van der Waals surface area contributed by atoms with Crippen molar-refractivity contribution in [3.63, 3.8) is 0 Å². The van der Waals surface area contributed by atoms with E-state index in [0.29, 0.717) is 0 Å². The maximum absolute atomic E-state index is 3.01. The van der Waals surface area contributed by atoms with Crippen LogP contribution in [-0.2, 0) is 0 Å². The zero-order valence-electron chi connectivity index (χ0n) is 6.12. The number of hydrogen-bond donors (Lipinski definition) is 1. The highest BCUT2D eigenvalue weighted by Gasteiger charge is 2.10. The molecule has 2 rings (SSSR count). The van der Waals surface area contributed by atoms with Gasteiger partial charge in [0.1, 0.15) is 0 Å². The summed E-state index contributed by atoms with van der Waals surface area (Å²) in [4.78, 5) is 0. The SMILES string of the molecule is C1=C2/C=C\C=C/N/C=C\C=C1/2. The van der Waals surface area contributed by atoms with Crippen LogP contribution in [-0.4, -0.2) is 0 Å². The summed E-state index contributed by atoms with van der Waals surface area (Å²) in [5.41, 5.74) is 2.66. The third kappa shape index (κ3) is 1.49. The number of allylic oxidation sites excluding steroid dienone is 8. The summed E-state index contributed by atoms with van der Waals surface area (Å²) >= 11 is 0. The first kappa shape index (κ1) is 6.23. The summed E-state index contributed by atoms with van der Waals surface area (Å²) < 4.78 is 0. The fraction of sp³-hybridized carbons (Fsp3) is 0. The van der Waals surface area contributed by atoms with Crippen molar-refractivity contribution in [2.24, 2.45) is 0 Å². The van der Waals surface area contributed by atoms with Crippen molar-refractivity contribution >= 4 is 0 Å². The van der Waals surface area contributed by atoms with Crippen LogP contribution in [0.3, 0.4) is 0 Å². The Balaban J connectivity index is 2.17. The average Bonchev–Trinajstić information content (AvgIpc) is 2.76. The highest BCUT2D eigenvalue weighted by molar-refractivity contribution is 5.64. The zero-order chi connectivity index (χ0) is 7.52. The smallest absolute Gasteiger partial charge is 0.000464 e. The molecule has 0 saturated heterocycles. The van der Waals surface area contributed by atoms with Crippen molar-refractivity contribution in [2.75, 3.05) is 0 Å². The lowest BCUT2D eigenvalue weighted by molar-refractivity contribution is 1.19. The minimum atomic E-state index is 1.33. The van der Waals surface area contributed by atoms with Gasteiger partial charge in [0.15, 0.2) is 0 Å². The topological polar surface area (TPSA) is 12.0 Å². The van der Waals surface area contributed by atoms with Crippen LogP contribution < -0.4 is 5.32 Å². The van der Waals surface area contributed by atoms with E-state index in [1.807, 2.05) is 30.6 Å². The predicted molar refractivity (Wildman–Crippen MR) is 46.7 cm³/mol. The first-order chi connectivity index (χ1) is 5.47. The quantitative estimate of drug-likeness (QED) is 0.547. The highest BCUT2D eigenvalue weighted by Crippen LogP contribution is 2.28. The number of nitrogens with one attached hydrogen (secondary N) is 1. The second-order valence-corrected chi connectivity index (χ2v) is 2.47. The number of hydrogen-bond acceptors (Lipinski definition) is 1. The fourth-order valence-electron chi connectivity index (χ4n) is 0.953. The molecular formula is C10H9N. The van der Waals surface area contributed by atoms with Crippen molar-refractivity contribution in [1.82, 2.24) is 5.32 Å². The van der Waals surface area contributed by atoms with Crippen molar-refractivity contribution in [2.45, 2.75) is 0 Å². The molecule has 1 N–H and O–H groups in total. The number of rotatable bonds is 0. The molecule has 0 aromatic rings. The molecular weight excluding hydrogens is 134 g/mol. The summed E-state index contributed by atoms with van der Waals surface area (Å²) in [6.45, 7) is 0. The van der Waals surface area contributed by atoms with Crippen molar-refractivity contribution in [3.8, 4) is 0 Å². The van der Waals surface area contributed by atoms with E-state index in [-0.39, 0.29) is 0 Å². The van der Waals surface area contributed by atoms with Crippen LogP contribution in [0.25, 0.3) is 0 Å². The molecule has 0 radical (unpaired) electrons. The van der Waals surface area contributed by atoms with Gasteiger partial charge in [0.05, 0.1) is 0 Å². The Morgan fingerprint density at radius 1 is 0.909 bits per heavy atom. The van der Waals surface area contributed by atoms with Crippen LogP contribution in [0.1, 0.15) is 0 Å². The largest absolute Gasteiger partial charge is 0.368 e. The summed E-state index contributed by atoms with van der Waals surface area (Å²) in [7, 11) is 0. The van der Waals surface area contributed by atoms with Crippen molar-refractivity contribution in [3.05, 3.63) is 60.0 Å². The van der Waals surface area contributed by atoms with E-state index in [1.165, 1.54) is 11.1 Å². The highest BCUT2D eigenvalue weighted by atomic mass is 14.8. The van der Waals surface area contributed by atoms with E-state index in [1.54, 1.807) is 0 Å². The third-order valence-corrected chi connectivity index (χ3v) is 1.61. The van der Waals surface area contributed by atoms with Crippen LogP contribution in [0.2, 0.25) is 0 Å². The molecule has 1 aliphatic carbocycles. The number of fused-ring (bicyclic) bond motifs is 1.